The third-order valence-electron chi connectivity index (χ3n) is 2.31. The van der Waals surface area contributed by atoms with Crippen LogP contribution in [0.2, 0.25) is 5.02 Å². The van der Waals surface area contributed by atoms with Gasteiger partial charge in [-0.25, -0.2) is 5.43 Å². The van der Waals surface area contributed by atoms with Crippen molar-refractivity contribution in [3.8, 4) is 0 Å². The minimum Gasteiger partial charge on any atom is -0.270 e. The van der Waals surface area contributed by atoms with E-state index >= 15 is 0 Å². The minimum atomic E-state index is -0.164. The predicted molar refractivity (Wildman–Crippen MR) is 64.2 cm³/mol. The van der Waals surface area contributed by atoms with Crippen LogP contribution in [0.25, 0.3) is 0 Å². The Hall–Kier alpha value is -0.950. The van der Waals surface area contributed by atoms with Crippen LogP contribution in [0.4, 0.5) is 0 Å². The molecule has 0 aliphatic heterocycles. The van der Waals surface area contributed by atoms with Crippen LogP contribution in [-0.4, -0.2) is 14.8 Å². The van der Waals surface area contributed by atoms with Crippen molar-refractivity contribution in [1.29, 1.82) is 0 Å². The normalized spacial score (nSPS) is 12.9. The summed E-state index contributed by atoms with van der Waals surface area (Å²) in [4.78, 5) is 5.05. The van der Waals surface area contributed by atoms with Crippen LogP contribution in [0, 0.1) is 0 Å². The Labute approximate surface area is 102 Å². The maximum Gasteiger partial charge on any atom is 0.100 e. The predicted octanol–water partition coefficient (Wildman–Crippen LogP) is 1.57. The molecular weight excluding hydrogens is 246 g/mol. The van der Waals surface area contributed by atoms with E-state index in [4.69, 9.17) is 17.4 Å². The molecule has 0 amide bonds. The SMILES string of the molecule is CCn1ncc(Cl)c1C(NN)c1cncs1. The molecule has 0 saturated carbocycles. The van der Waals surface area contributed by atoms with E-state index < -0.39 is 0 Å². The van der Waals surface area contributed by atoms with E-state index in [0.29, 0.717) is 5.02 Å². The van der Waals surface area contributed by atoms with Crippen LogP contribution in [0.15, 0.2) is 17.9 Å². The zero-order chi connectivity index (χ0) is 11.5. The summed E-state index contributed by atoms with van der Waals surface area (Å²) in [7, 11) is 0. The van der Waals surface area contributed by atoms with E-state index in [1.54, 1.807) is 17.9 Å². The molecule has 0 aromatic carbocycles. The largest absolute Gasteiger partial charge is 0.270 e. The lowest BCUT2D eigenvalue weighted by atomic mass is 10.2. The van der Waals surface area contributed by atoms with Crippen molar-refractivity contribution < 1.29 is 0 Å². The Morgan fingerprint density at radius 3 is 3.00 bits per heavy atom. The summed E-state index contributed by atoms with van der Waals surface area (Å²) < 4.78 is 1.83. The molecule has 16 heavy (non-hydrogen) atoms. The Bertz CT molecular complexity index is 452. The fraction of sp³-hybridized carbons (Fsp3) is 0.333. The van der Waals surface area contributed by atoms with Gasteiger partial charge in [-0.05, 0) is 6.92 Å². The first-order valence-corrected chi connectivity index (χ1v) is 6.09. The molecule has 2 aromatic rings. The van der Waals surface area contributed by atoms with E-state index in [1.807, 2.05) is 11.6 Å². The Kier molecular flexibility index (Phi) is 3.55. The number of hydrogen-bond donors (Lipinski definition) is 2. The maximum atomic E-state index is 6.12. The molecule has 3 N–H and O–H groups in total. The molecular formula is C9H12ClN5S. The average Bonchev–Trinajstić information content (AvgIpc) is 2.91. The summed E-state index contributed by atoms with van der Waals surface area (Å²) in [5.41, 5.74) is 5.38. The van der Waals surface area contributed by atoms with Gasteiger partial charge >= 0.3 is 0 Å². The molecule has 5 nitrogen and oxygen atoms in total. The van der Waals surface area contributed by atoms with Crippen molar-refractivity contribution in [2.45, 2.75) is 19.5 Å². The van der Waals surface area contributed by atoms with Crippen LogP contribution >= 0.6 is 22.9 Å². The second-order valence-electron chi connectivity index (χ2n) is 3.20. The first-order valence-electron chi connectivity index (χ1n) is 4.83. The van der Waals surface area contributed by atoms with Crippen molar-refractivity contribution in [1.82, 2.24) is 20.2 Å². The molecule has 0 fully saturated rings. The Morgan fingerprint density at radius 1 is 1.62 bits per heavy atom. The topological polar surface area (TPSA) is 68.8 Å². The lowest BCUT2D eigenvalue weighted by molar-refractivity contribution is 0.548. The van der Waals surface area contributed by atoms with Crippen molar-refractivity contribution in [3.05, 3.63) is 33.5 Å². The molecule has 7 heteroatoms. The molecule has 2 heterocycles. The number of aromatic nitrogens is 3. The highest BCUT2D eigenvalue weighted by atomic mass is 35.5. The fourth-order valence-corrected chi connectivity index (χ4v) is 2.51. The third-order valence-corrected chi connectivity index (χ3v) is 3.44. The van der Waals surface area contributed by atoms with Crippen molar-refractivity contribution in [3.63, 3.8) is 0 Å². The van der Waals surface area contributed by atoms with Gasteiger partial charge < -0.3 is 0 Å². The van der Waals surface area contributed by atoms with Gasteiger partial charge in [0.15, 0.2) is 0 Å². The van der Waals surface area contributed by atoms with Gasteiger partial charge in [0.05, 0.1) is 22.4 Å². The van der Waals surface area contributed by atoms with Crippen molar-refractivity contribution >= 4 is 22.9 Å². The van der Waals surface area contributed by atoms with Gasteiger partial charge in [0, 0.05) is 17.6 Å². The number of rotatable bonds is 4. The highest BCUT2D eigenvalue weighted by molar-refractivity contribution is 7.09. The number of halogens is 1. The van der Waals surface area contributed by atoms with E-state index in [9.17, 15) is 0 Å². The molecule has 0 bridgehead atoms. The Morgan fingerprint density at radius 2 is 2.44 bits per heavy atom. The molecule has 0 aliphatic carbocycles. The highest BCUT2D eigenvalue weighted by Gasteiger charge is 2.21. The lowest BCUT2D eigenvalue weighted by Crippen LogP contribution is -2.30. The molecule has 0 saturated heterocycles. The van der Waals surface area contributed by atoms with E-state index in [1.165, 1.54) is 11.3 Å². The van der Waals surface area contributed by atoms with Gasteiger partial charge in [-0.2, -0.15) is 5.10 Å². The highest BCUT2D eigenvalue weighted by Crippen LogP contribution is 2.29. The number of hydrogen-bond acceptors (Lipinski definition) is 5. The van der Waals surface area contributed by atoms with Gasteiger partial charge in [0.2, 0.25) is 0 Å². The molecule has 0 radical (unpaired) electrons. The number of nitrogens with two attached hydrogens (primary N) is 1. The number of aryl methyl sites for hydroxylation is 1. The summed E-state index contributed by atoms with van der Waals surface area (Å²) in [6.07, 6.45) is 3.41. The Balaban J connectivity index is 2.44. The van der Waals surface area contributed by atoms with Gasteiger partial charge in [-0.3, -0.25) is 15.5 Å². The molecule has 2 aromatic heterocycles. The molecule has 0 aliphatic rings. The summed E-state index contributed by atoms with van der Waals surface area (Å²) in [6, 6.07) is -0.164. The van der Waals surface area contributed by atoms with Gasteiger partial charge in [0.1, 0.15) is 6.04 Å². The first kappa shape index (κ1) is 11.5. The van der Waals surface area contributed by atoms with Gasteiger partial charge in [-0.1, -0.05) is 11.6 Å². The number of nitrogens with zero attached hydrogens (tertiary/aromatic N) is 3. The van der Waals surface area contributed by atoms with Crippen LogP contribution in [-0.2, 0) is 6.54 Å². The van der Waals surface area contributed by atoms with E-state index in [-0.39, 0.29) is 6.04 Å². The fourth-order valence-electron chi connectivity index (χ4n) is 1.57. The molecule has 2 rings (SSSR count). The summed E-state index contributed by atoms with van der Waals surface area (Å²) in [6.45, 7) is 2.76. The molecule has 0 spiro atoms. The molecule has 86 valence electrons. The van der Waals surface area contributed by atoms with Gasteiger partial charge in [0.25, 0.3) is 0 Å². The number of thiazole rings is 1. The van der Waals surface area contributed by atoms with E-state index in [0.717, 1.165) is 17.1 Å². The second kappa shape index (κ2) is 4.92. The van der Waals surface area contributed by atoms with Crippen LogP contribution in [0.5, 0.6) is 0 Å². The maximum absolute atomic E-state index is 6.12. The molecule has 1 atom stereocenters. The van der Waals surface area contributed by atoms with Crippen molar-refractivity contribution in [2.24, 2.45) is 5.84 Å². The summed E-state index contributed by atoms with van der Waals surface area (Å²) in [5.74, 6) is 5.58. The molecule has 1 unspecified atom stereocenters. The summed E-state index contributed by atoms with van der Waals surface area (Å²) >= 11 is 7.65. The number of hydrazine groups is 1. The quantitative estimate of drug-likeness (QED) is 0.644. The lowest BCUT2D eigenvalue weighted by Gasteiger charge is -2.15. The minimum absolute atomic E-state index is 0.164. The third kappa shape index (κ3) is 1.97. The van der Waals surface area contributed by atoms with Crippen LogP contribution in [0.1, 0.15) is 23.5 Å². The van der Waals surface area contributed by atoms with E-state index in [2.05, 4.69) is 15.5 Å². The smallest absolute Gasteiger partial charge is 0.100 e. The van der Waals surface area contributed by atoms with Crippen LogP contribution in [0.3, 0.4) is 0 Å². The average molecular weight is 258 g/mol. The second-order valence-corrected chi connectivity index (χ2v) is 4.52. The van der Waals surface area contributed by atoms with Gasteiger partial charge in [-0.15, -0.1) is 11.3 Å². The number of nitrogens with one attached hydrogen (secondary N) is 1. The van der Waals surface area contributed by atoms with Crippen molar-refractivity contribution in [2.75, 3.05) is 0 Å². The zero-order valence-electron chi connectivity index (χ0n) is 8.72. The summed E-state index contributed by atoms with van der Waals surface area (Å²) in [5, 5.41) is 4.80. The zero-order valence-corrected chi connectivity index (χ0v) is 10.3. The monoisotopic (exact) mass is 257 g/mol. The van der Waals surface area contributed by atoms with Crippen LogP contribution < -0.4 is 11.3 Å². The first-order chi connectivity index (χ1) is 7.77. The standard InChI is InChI=1S/C9H12ClN5S/c1-2-15-9(6(10)3-13-15)8(14-11)7-4-12-5-16-7/h3-5,8,14H,2,11H2,1H3.